The van der Waals surface area contributed by atoms with Crippen LogP contribution in [0.15, 0.2) is 12.2 Å². The zero-order valence-corrected chi connectivity index (χ0v) is 7.13. The van der Waals surface area contributed by atoms with Crippen LogP contribution in [0.3, 0.4) is 0 Å². The van der Waals surface area contributed by atoms with Gasteiger partial charge in [0.25, 0.3) is 0 Å². The number of hydrogen-bond donors (Lipinski definition) is 0. The molecule has 0 saturated heterocycles. The van der Waals surface area contributed by atoms with Crippen molar-refractivity contribution in [2.24, 2.45) is 0 Å². The van der Waals surface area contributed by atoms with Gasteiger partial charge in [0.1, 0.15) is 0 Å². The first kappa shape index (κ1) is 10.9. The number of allylic oxidation sites excluding steroid dienone is 1. The summed E-state index contributed by atoms with van der Waals surface area (Å²) in [7, 11) is 0. The molecule has 0 amide bonds. The summed E-state index contributed by atoms with van der Waals surface area (Å²) in [5, 5.41) is 0. The summed E-state index contributed by atoms with van der Waals surface area (Å²) in [5.41, 5.74) is 0. The Morgan fingerprint density at radius 3 is 2.45 bits per heavy atom. The highest BCUT2D eigenvalue weighted by Crippen LogP contribution is 2.16. The lowest BCUT2D eigenvalue weighted by molar-refractivity contribution is -0.0799. The second-order valence-corrected chi connectivity index (χ2v) is 3.17. The molecule has 0 aliphatic rings. The van der Waals surface area contributed by atoms with Crippen molar-refractivity contribution in [2.45, 2.75) is 19.5 Å². The minimum atomic E-state index is -4.15. The molecule has 0 aromatic rings. The molecule has 0 aromatic heterocycles. The SMILES string of the molecule is CCCSCC=CC(F)(F)F. The predicted octanol–water partition coefficient (Wildman–Crippen LogP) is 3.25. The third-order valence-corrected chi connectivity index (χ3v) is 1.99. The molecule has 0 radical (unpaired) electrons. The van der Waals surface area contributed by atoms with Gasteiger partial charge in [-0.25, -0.2) is 0 Å². The molecule has 0 aliphatic heterocycles. The van der Waals surface area contributed by atoms with Gasteiger partial charge in [0.05, 0.1) is 0 Å². The van der Waals surface area contributed by atoms with E-state index in [1.165, 1.54) is 11.8 Å². The molecule has 0 bridgehead atoms. The topological polar surface area (TPSA) is 0 Å². The van der Waals surface area contributed by atoms with Crippen LogP contribution in [0.1, 0.15) is 13.3 Å². The molecule has 11 heavy (non-hydrogen) atoms. The second-order valence-electron chi connectivity index (χ2n) is 2.02. The lowest BCUT2D eigenvalue weighted by Gasteiger charge is -1.96. The van der Waals surface area contributed by atoms with Crippen molar-refractivity contribution in [3.05, 3.63) is 12.2 Å². The molecule has 0 fully saturated rings. The fourth-order valence-electron chi connectivity index (χ4n) is 0.477. The van der Waals surface area contributed by atoms with E-state index < -0.39 is 6.18 Å². The van der Waals surface area contributed by atoms with E-state index in [9.17, 15) is 13.2 Å². The Balaban J connectivity index is 3.30. The maximum Gasteiger partial charge on any atom is 0.409 e. The van der Waals surface area contributed by atoms with Gasteiger partial charge in [-0.1, -0.05) is 13.0 Å². The highest BCUT2D eigenvalue weighted by atomic mass is 32.2. The Kier molecular flexibility index (Phi) is 5.46. The van der Waals surface area contributed by atoms with E-state index in [1.807, 2.05) is 6.92 Å². The Hall–Kier alpha value is -0.120. The van der Waals surface area contributed by atoms with E-state index in [-0.39, 0.29) is 6.08 Å². The summed E-state index contributed by atoms with van der Waals surface area (Å²) in [6, 6.07) is 0. The van der Waals surface area contributed by atoms with E-state index in [2.05, 4.69) is 0 Å². The van der Waals surface area contributed by atoms with Crippen LogP contribution in [0.5, 0.6) is 0 Å². The Morgan fingerprint density at radius 2 is 2.00 bits per heavy atom. The van der Waals surface area contributed by atoms with Crippen LogP contribution >= 0.6 is 11.8 Å². The summed E-state index contributed by atoms with van der Waals surface area (Å²) in [4.78, 5) is 0. The van der Waals surface area contributed by atoms with Crippen molar-refractivity contribution < 1.29 is 13.2 Å². The van der Waals surface area contributed by atoms with Crippen LogP contribution in [0.2, 0.25) is 0 Å². The number of thioether (sulfide) groups is 1. The summed E-state index contributed by atoms with van der Waals surface area (Å²) in [6.07, 6.45) is -1.70. The molecule has 0 aliphatic carbocycles. The van der Waals surface area contributed by atoms with Crippen LogP contribution in [0.4, 0.5) is 13.2 Å². The lowest BCUT2D eigenvalue weighted by Crippen LogP contribution is -2.00. The highest BCUT2D eigenvalue weighted by molar-refractivity contribution is 7.99. The van der Waals surface area contributed by atoms with Crippen molar-refractivity contribution in [2.75, 3.05) is 11.5 Å². The lowest BCUT2D eigenvalue weighted by atomic mass is 10.5. The van der Waals surface area contributed by atoms with E-state index in [0.29, 0.717) is 5.75 Å². The summed E-state index contributed by atoms with van der Waals surface area (Å²) in [6.45, 7) is 2.00. The number of alkyl halides is 3. The predicted molar refractivity (Wildman–Crippen MR) is 42.8 cm³/mol. The molecule has 0 N–H and O–H groups in total. The first-order valence-electron chi connectivity index (χ1n) is 3.38. The van der Waals surface area contributed by atoms with E-state index in [4.69, 9.17) is 0 Å². The fraction of sp³-hybridized carbons (Fsp3) is 0.714. The normalized spacial score (nSPS) is 12.7. The van der Waals surface area contributed by atoms with Gasteiger partial charge < -0.3 is 0 Å². The van der Waals surface area contributed by atoms with Crippen LogP contribution in [-0.4, -0.2) is 17.7 Å². The maximum absolute atomic E-state index is 11.5. The highest BCUT2D eigenvalue weighted by Gasteiger charge is 2.21. The summed E-state index contributed by atoms with van der Waals surface area (Å²) < 4.78 is 34.4. The molecule has 4 heteroatoms. The first-order chi connectivity index (χ1) is 5.06. The van der Waals surface area contributed by atoms with Crippen LogP contribution < -0.4 is 0 Å². The van der Waals surface area contributed by atoms with Gasteiger partial charge in [-0.05, 0) is 12.2 Å². The monoisotopic (exact) mass is 184 g/mol. The van der Waals surface area contributed by atoms with Crippen LogP contribution in [-0.2, 0) is 0 Å². The van der Waals surface area contributed by atoms with E-state index in [1.54, 1.807) is 0 Å². The number of hydrogen-bond acceptors (Lipinski definition) is 1. The molecule has 66 valence electrons. The van der Waals surface area contributed by atoms with Crippen molar-refractivity contribution in [3.63, 3.8) is 0 Å². The molecule has 0 nitrogen and oxygen atoms in total. The van der Waals surface area contributed by atoms with Crippen molar-refractivity contribution in [1.29, 1.82) is 0 Å². The van der Waals surface area contributed by atoms with Gasteiger partial charge in [0, 0.05) is 11.8 Å². The molecular formula is C7H11F3S. The molecule has 0 rings (SSSR count). The Bertz CT molecular complexity index is 117. The average molecular weight is 184 g/mol. The van der Waals surface area contributed by atoms with Gasteiger partial charge in [-0.2, -0.15) is 24.9 Å². The largest absolute Gasteiger partial charge is 0.409 e. The Labute approximate surface area is 68.9 Å². The van der Waals surface area contributed by atoms with Gasteiger partial charge in [-0.3, -0.25) is 0 Å². The number of halogens is 3. The standard InChI is InChI=1S/C7H11F3S/c1-2-5-11-6-3-4-7(8,9)10/h3-4H,2,5-6H2,1H3. The van der Waals surface area contributed by atoms with Gasteiger partial charge >= 0.3 is 6.18 Å². The summed E-state index contributed by atoms with van der Waals surface area (Å²) >= 11 is 1.51. The second kappa shape index (κ2) is 5.52. The van der Waals surface area contributed by atoms with Crippen molar-refractivity contribution in [1.82, 2.24) is 0 Å². The fourth-order valence-corrected chi connectivity index (χ4v) is 1.17. The minimum Gasteiger partial charge on any atom is -0.167 e. The molecule has 0 saturated carbocycles. The third kappa shape index (κ3) is 9.88. The van der Waals surface area contributed by atoms with Gasteiger partial charge in [0.15, 0.2) is 0 Å². The summed E-state index contributed by atoms with van der Waals surface area (Å²) in [5.74, 6) is 1.37. The van der Waals surface area contributed by atoms with Gasteiger partial charge in [0.2, 0.25) is 0 Å². The zero-order chi connectivity index (χ0) is 8.74. The smallest absolute Gasteiger partial charge is 0.167 e. The molecular weight excluding hydrogens is 173 g/mol. The Morgan fingerprint density at radius 1 is 1.36 bits per heavy atom. The van der Waals surface area contributed by atoms with Crippen LogP contribution in [0.25, 0.3) is 0 Å². The first-order valence-corrected chi connectivity index (χ1v) is 4.54. The third-order valence-electron chi connectivity index (χ3n) is 0.869. The quantitative estimate of drug-likeness (QED) is 0.477. The average Bonchev–Trinajstić information content (AvgIpc) is 1.85. The molecule has 0 spiro atoms. The van der Waals surface area contributed by atoms with Crippen LogP contribution in [0, 0.1) is 0 Å². The molecule has 0 atom stereocenters. The number of rotatable bonds is 4. The van der Waals surface area contributed by atoms with Crippen molar-refractivity contribution in [3.8, 4) is 0 Å². The zero-order valence-electron chi connectivity index (χ0n) is 6.32. The minimum absolute atomic E-state index is 0.287. The molecule has 0 heterocycles. The maximum atomic E-state index is 11.5. The van der Waals surface area contributed by atoms with Gasteiger partial charge in [-0.15, -0.1) is 0 Å². The van der Waals surface area contributed by atoms with E-state index >= 15 is 0 Å². The van der Waals surface area contributed by atoms with E-state index in [0.717, 1.165) is 18.2 Å². The van der Waals surface area contributed by atoms with Crippen molar-refractivity contribution >= 4 is 11.8 Å². The molecule has 0 aromatic carbocycles. The molecule has 0 unspecified atom stereocenters.